The van der Waals surface area contributed by atoms with Crippen LogP contribution in [-0.2, 0) is 0 Å². The Bertz CT molecular complexity index is 1250. The maximum atomic E-state index is 13.1. The average Bonchev–Trinajstić information content (AvgIpc) is 2.96. The maximum absolute atomic E-state index is 13.1. The first kappa shape index (κ1) is 26.6. The molecule has 2 aliphatic rings. The molecule has 3 aromatic rings. The summed E-state index contributed by atoms with van der Waals surface area (Å²) in [6.07, 6.45) is 5.92. The summed E-state index contributed by atoms with van der Waals surface area (Å²) in [5.74, 6) is 0.257. The van der Waals surface area contributed by atoms with Crippen molar-refractivity contribution >= 4 is 11.8 Å². The zero-order valence-electron chi connectivity index (χ0n) is 21.5. The molecule has 1 saturated heterocycles. The van der Waals surface area contributed by atoms with Gasteiger partial charge in [-0.3, -0.25) is 14.6 Å². The molecule has 7 nitrogen and oxygen atoms in total. The van der Waals surface area contributed by atoms with E-state index in [2.05, 4.69) is 10.3 Å². The summed E-state index contributed by atoms with van der Waals surface area (Å²) < 4.78 is 38.0. The first-order valence-electron chi connectivity index (χ1n) is 13.3. The lowest BCUT2D eigenvalue weighted by atomic mass is 9.92. The van der Waals surface area contributed by atoms with Gasteiger partial charge in [0, 0.05) is 38.2 Å². The van der Waals surface area contributed by atoms with Crippen molar-refractivity contribution in [1.82, 2.24) is 15.2 Å². The number of carbonyl (C=O) groups excluding carboxylic acids is 2. The van der Waals surface area contributed by atoms with Gasteiger partial charge in [-0.05, 0) is 86.3 Å². The Kier molecular flexibility index (Phi) is 8.34. The highest BCUT2D eigenvalue weighted by atomic mass is 19.1. The van der Waals surface area contributed by atoms with Crippen molar-refractivity contribution in [2.24, 2.45) is 0 Å². The van der Waals surface area contributed by atoms with Crippen LogP contribution in [0.1, 0.15) is 59.4 Å². The highest BCUT2D eigenvalue weighted by Gasteiger charge is 2.26. The third-order valence-electron chi connectivity index (χ3n) is 7.21. The number of carbonyl (C=O) groups is 2. The van der Waals surface area contributed by atoms with Gasteiger partial charge in [0.1, 0.15) is 34.9 Å². The van der Waals surface area contributed by atoms with Crippen LogP contribution in [0.3, 0.4) is 0 Å². The molecule has 0 bridgehead atoms. The lowest BCUT2D eigenvalue weighted by molar-refractivity contribution is 0.0594. The Labute approximate surface area is 226 Å². The molecule has 9 heteroatoms. The van der Waals surface area contributed by atoms with E-state index in [1.807, 2.05) is 0 Å². The number of likely N-dealkylation sites (tertiary alicyclic amines) is 1. The number of aromatic nitrogens is 1. The van der Waals surface area contributed by atoms with Crippen molar-refractivity contribution in [3.63, 3.8) is 0 Å². The summed E-state index contributed by atoms with van der Waals surface area (Å²) in [4.78, 5) is 31.7. The molecule has 1 N–H and O–H groups in total. The molecule has 1 saturated carbocycles. The molecular weight excluding hydrogens is 504 g/mol. The standard InChI is InChI=1S/C30H31F2N3O4/c31-21-2-8-24(9-3-21)38-26-12-6-23(7-13-26)34-29(36)28-14-1-20(19-33-28)30(37)35-17-15-27(16-18-35)39-25-10-4-22(32)5-11-25/h1-5,8-11,14,19,23,26-27H,6-7,12-13,15-18H2,(H,34,36). The molecule has 0 radical (unpaired) electrons. The molecule has 204 valence electrons. The van der Waals surface area contributed by atoms with Crippen molar-refractivity contribution in [2.75, 3.05) is 13.1 Å². The number of pyridine rings is 1. The molecule has 2 amide bonds. The van der Waals surface area contributed by atoms with Crippen LogP contribution in [-0.4, -0.2) is 53.0 Å². The SMILES string of the molecule is O=C(NC1CCC(Oc2ccc(F)cc2)CC1)c1ccc(C(=O)N2CCC(Oc3ccc(F)cc3)CC2)cn1. The first-order valence-corrected chi connectivity index (χ1v) is 13.3. The van der Waals surface area contributed by atoms with Crippen molar-refractivity contribution in [3.05, 3.63) is 89.8 Å². The van der Waals surface area contributed by atoms with Crippen LogP contribution in [0.5, 0.6) is 11.5 Å². The Morgan fingerprint density at radius 1 is 0.744 bits per heavy atom. The summed E-state index contributed by atoms with van der Waals surface area (Å²) in [5, 5.41) is 3.03. The van der Waals surface area contributed by atoms with Gasteiger partial charge in [-0.1, -0.05) is 0 Å². The number of hydrogen-bond acceptors (Lipinski definition) is 5. The van der Waals surface area contributed by atoms with E-state index in [-0.39, 0.29) is 47.4 Å². The third-order valence-corrected chi connectivity index (χ3v) is 7.21. The monoisotopic (exact) mass is 535 g/mol. The normalized spacial score (nSPS) is 19.8. The second kappa shape index (κ2) is 12.2. The van der Waals surface area contributed by atoms with E-state index in [9.17, 15) is 18.4 Å². The molecule has 2 aromatic carbocycles. The molecule has 1 aliphatic carbocycles. The summed E-state index contributed by atoms with van der Waals surface area (Å²) in [5.41, 5.74) is 0.700. The largest absolute Gasteiger partial charge is 0.490 e. The molecule has 0 atom stereocenters. The van der Waals surface area contributed by atoms with Crippen LogP contribution in [0.4, 0.5) is 8.78 Å². The van der Waals surface area contributed by atoms with Crippen LogP contribution in [0, 0.1) is 11.6 Å². The van der Waals surface area contributed by atoms with E-state index in [1.54, 1.807) is 41.3 Å². The fourth-order valence-corrected chi connectivity index (χ4v) is 5.01. The van der Waals surface area contributed by atoms with Crippen molar-refractivity contribution in [3.8, 4) is 11.5 Å². The van der Waals surface area contributed by atoms with Gasteiger partial charge in [0.05, 0.1) is 11.7 Å². The lowest BCUT2D eigenvalue weighted by Gasteiger charge is -2.32. The van der Waals surface area contributed by atoms with Crippen LogP contribution in [0.15, 0.2) is 66.9 Å². The van der Waals surface area contributed by atoms with Gasteiger partial charge in [-0.25, -0.2) is 8.78 Å². The number of nitrogens with one attached hydrogen (secondary N) is 1. The highest BCUT2D eigenvalue weighted by Crippen LogP contribution is 2.25. The minimum atomic E-state index is -0.308. The fraction of sp³-hybridized carbons (Fsp3) is 0.367. The Morgan fingerprint density at radius 3 is 1.79 bits per heavy atom. The average molecular weight is 536 g/mol. The van der Waals surface area contributed by atoms with E-state index < -0.39 is 0 Å². The molecule has 39 heavy (non-hydrogen) atoms. The molecule has 1 aliphatic heterocycles. The number of piperidine rings is 1. The number of rotatable bonds is 7. The van der Waals surface area contributed by atoms with E-state index in [0.717, 1.165) is 25.7 Å². The molecule has 0 spiro atoms. The van der Waals surface area contributed by atoms with E-state index in [1.165, 1.54) is 30.5 Å². The van der Waals surface area contributed by atoms with Gasteiger partial charge in [-0.15, -0.1) is 0 Å². The highest BCUT2D eigenvalue weighted by molar-refractivity contribution is 5.96. The smallest absolute Gasteiger partial charge is 0.270 e. The zero-order chi connectivity index (χ0) is 27.2. The quantitative estimate of drug-likeness (QED) is 0.452. The summed E-state index contributed by atoms with van der Waals surface area (Å²) in [6.45, 7) is 1.08. The van der Waals surface area contributed by atoms with Crippen molar-refractivity contribution < 1.29 is 27.8 Å². The van der Waals surface area contributed by atoms with Gasteiger partial charge in [0.15, 0.2) is 0 Å². The predicted octanol–water partition coefficient (Wildman–Crippen LogP) is 5.16. The minimum absolute atomic E-state index is 0.0205. The number of amides is 2. The van der Waals surface area contributed by atoms with Crippen LogP contribution in [0.2, 0.25) is 0 Å². The zero-order valence-corrected chi connectivity index (χ0v) is 21.5. The molecule has 1 aromatic heterocycles. The Morgan fingerprint density at radius 2 is 1.28 bits per heavy atom. The number of ether oxygens (including phenoxy) is 2. The van der Waals surface area contributed by atoms with Gasteiger partial charge in [0.25, 0.3) is 11.8 Å². The second-order valence-corrected chi connectivity index (χ2v) is 10.0. The number of benzene rings is 2. The Hall–Kier alpha value is -4.01. The summed E-state index contributed by atoms with van der Waals surface area (Å²) in [6, 6.07) is 15.2. The van der Waals surface area contributed by atoms with Crippen LogP contribution >= 0.6 is 0 Å². The molecular formula is C30H31F2N3O4. The van der Waals surface area contributed by atoms with Gasteiger partial charge >= 0.3 is 0 Å². The number of hydrogen-bond donors (Lipinski definition) is 1. The van der Waals surface area contributed by atoms with E-state index in [4.69, 9.17) is 9.47 Å². The number of nitrogens with zero attached hydrogens (tertiary/aromatic N) is 2. The lowest BCUT2D eigenvalue weighted by Crippen LogP contribution is -2.42. The summed E-state index contributed by atoms with van der Waals surface area (Å²) >= 11 is 0. The summed E-state index contributed by atoms with van der Waals surface area (Å²) in [7, 11) is 0. The third kappa shape index (κ3) is 7.10. The predicted molar refractivity (Wildman–Crippen MR) is 141 cm³/mol. The topological polar surface area (TPSA) is 80.8 Å². The van der Waals surface area contributed by atoms with Crippen molar-refractivity contribution in [1.29, 1.82) is 0 Å². The van der Waals surface area contributed by atoms with E-state index in [0.29, 0.717) is 43.0 Å². The molecule has 5 rings (SSSR count). The molecule has 2 heterocycles. The van der Waals surface area contributed by atoms with Gasteiger partial charge in [-0.2, -0.15) is 0 Å². The molecule has 2 fully saturated rings. The second-order valence-electron chi connectivity index (χ2n) is 10.0. The first-order chi connectivity index (χ1) is 18.9. The van der Waals surface area contributed by atoms with Crippen LogP contribution < -0.4 is 14.8 Å². The van der Waals surface area contributed by atoms with Crippen molar-refractivity contribution in [2.45, 2.75) is 56.8 Å². The van der Waals surface area contributed by atoms with Crippen LogP contribution in [0.25, 0.3) is 0 Å². The fourth-order valence-electron chi connectivity index (χ4n) is 5.01. The minimum Gasteiger partial charge on any atom is -0.490 e. The maximum Gasteiger partial charge on any atom is 0.270 e. The van der Waals surface area contributed by atoms with E-state index >= 15 is 0 Å². The van der Waals surface area contributed by atoms with Gasteiger partial charge < -0.3 is 19.7 Å². The van der Waals surface area contributed by atoms with Gasteiger partial charge in [0.2, 0.25) is 0 Å². The molecule has 0 unspecified atom stereocenters. The number of halogens is 2. The Balaban J connectivity index is 1.05.